The number of hydrogen-bond acceptors (Lipinski definition) is 3. The Kier molecular flexibility index (Phi) is 6.67. The second kappa shape index (κ2) is 8.54. The van der Waals surface area contributed by atoms with Gasteiger partial charge in [0.15, 0.2) is 0 Å². The summed E-state index contributed by atoms with van der Waals surface area (Å²) >= 11 is 0. The second-order valence-electron chi connectivity index (χ2n) is 7.40. The van der Waals surface area contributed by atoms with Crippen molar-refractivity contribution in [1.29, 1.82) is 0 Å². The number of carbonyl (C=O) groups excluding carboxylic acids is 1. The maximum atomic E-state index is 13.2. The highest BCUT2D eigenvalue weighted by Gasteiger charge is 2.44. The molecule has 1 aromatic rings. The quantitative estimate of drug-likeness (QED) is 0.581. The molecule has 0 unspecified atom stereocenters. The molecule has 0 spiro atoms. The largest absolute Gasteiger partial charge is 0.459 e. The van der Waals surface area contributed by atoms with Crippen LogP contribution in [-0.4, -0.2) is 19.2 Å². The van der Waals surface area contributed by atoms with Crippen molar-refractivity contribution < 1.29 is 14.3 Å². The molecule has 0 radical (unpaired) electrons. The fourth-order valence-corrected chi connectivity index (χ4v) is 3.81. The molecule has 0 aromatic heterocycles. The first-order valence-corrected chi connectivity index (χ1v) is 9.20. The van der Waals surface area contributed by atoms with Crippen LogP contribution in [0.15, 0.2) is 30.3 Å². The molecule has 1 aliphatic rings. The molecule has 3 heteroatoms. The molecule has 1 saturated carbocycles. The predicted molar refractivity (Wildman–Crippen MR) is 99.8 cm³/mol. The van der Waals surface area contributed by atoms with E-state index in [2.05, 4.69) is 32.6 Å². The maximum absolute atomic E-state index is 13.2. The third kappa shape index (κ3) is 4.25. The maximum Gasteiger partial charge on any atom is 0.356 e. The average molecular weight is 342 g/mol. The van der Waals surface area contributed by atoms with Crippen LogP contribution in [0.1, 0.15) is 52.5 Å². The summed E-state index contributed by atoms with van der Waals surface area (Å²) in [5, 5.41) is 0. The van der Waals surface area contributed by atoms with Crippen LogP contribution in [0, 0.1) is 29.6 Å². The molecule has 0 saturated heterocycles. The third-order valence-electron chi connectivity index (χ3n) is 5.29. The van der Waals surface area contributed by atoms with Gasteiger partial charge < -0.3 is 9.47 Å². The first-order chi connectivity index (χ1) is 11.9. The van der Waals surface area contributed by atoms with Gasteiger partial charge in [-0.3, -0.25) is 0 Å². The zero-order chi connectivity index (χ0) is 18.4. The van der Waals surface area contributed by atoms with E-state index < -0.39 is 11.6 Å². The monoisotopic (exact) mass is 342 g/mol. The van der Waals surface area contributed by atoms with Crippen molar-refractivity contribution in [2.75, 3.05) is 7.11 Å². The Balaban J connectivity index is 2.31. The topological polar surface area (TPSA) is 35.5 Å². The number of carbonyl (C=O) groups is 1. The minimum atomic E-state index is -1.36. The smallest absolute Gasteiger partial charge is 0.356 e. The standard InChI is InChI=1S/C22H30O3/c1-6-14-22(24-5,18-10-8-7-9-11-18)21(23)25-20-15-17(4)12-13-19(20)16(2)3/h7-11,16-17,19-20H,12-13,15H2,1-5H3/t17-,19+,20-,22-/m1/s1. The molecule has 0 bridgehead atoms. The number of hydrogen-bond donors (Lipinski definition) is 0. The Labute approximate surface area is 152 Å². The molecule has 0 aliphatic heterocycles. The van der Waals surface area contributed by atoms with Gasteiger partial charge in [0.25, 0.3) is 5.60 Å². The van der Waals surface area contributed by atoms with Crippen molar-refractivity contribution in [2.45, 2.75) is 58.7 Å². The van der Waals surface area contributed by atoms with Gasteiger partial charge in [-0.05, 0) is 37.5 Å². The summed E-state index contributed by atoms with van der Waals surface area (Å²) in [5.74, 6) is 6.84. The van der Waals surface area contributed by atoms with E-state index >= 15 is 0 Å². The van der Waals surface area contributed by atoms with E-state index in [1.54, 1.807) is 6.92 Å². The second-order valence-corrected chi connectivity index (χ2v) is 7.40. The number of ether oxygens (including phenoxy) is 2. The molecule has 2 rings (SSSR count). The Morgan fingerprint density at radius 2 is 1.92 bits per heavy atom. The summed E-state index contributed by atoms with van der Waals surface area (Å²) < 4.78 is 11.7. The van der Waals surface area contributed by atoms with Gasteiger partial charge in [-0.25, -0.2) is 4.79 Å². The van der Waals surface area contributed by atoms with Crippen molar-refractivity contribution >= 4 is 5.97 Å². The van der Waals surface area contributed by atoms with Crippen LogP contribution in [0.2, 0.25) is 0 Å². The van der Waals surface area contributed by atoms with Crippen LogP contribution in [0.3, 0.4) is 0 Å². The predicted octanol–water partition coefficient (Wildman–Crippen LogP) is 4.56. The van der Waals surface area contributed by atoms with Gasteiger partial charge in [0.2, 0.25) is 0 Å². The number of rotatable bonds is 5. The van der Waals surface area contributed by atoms with Crippen LogP contribution in [0.5, 0.6) is 0 Å². The summed E-state index contributed by atoms with van der Waals surface area (Å²) in [4.78, 5) is 13.2. The fraction of sp³-hybridized carbons (Fsp3) is 0.591. The first-order valence-electron chi connectivity index (χ1n) is 9.20. The zero-order valence-corrected chi connectivity index (χ0v) is 16.0. The van der Waals surface area contributed by atoms with Gasteiger partial charge in [-0.15, -0.1) is 5.92 Å². The van der Waals surface area contributed by atoms with E-state index in [0.717, 1.165) is 12.8 Å². The van der Waals surface area contributed by atoms with Crippen molar-refractivity contribution in [1.82, 2.24) is 0 Å². The Morgan fingerprint density at radius 3 is 2.48 bits per heavy atom. The number of methoxy groups -OCH3 is 1. The molecule has 1 aromatic carbocycles. The van der Waals surface area contributed by atoms with Crippen molar-refractivity contribution in [3.8, 4) is 11.8 Å². The van der Waals surface area contributed by atoms with E-state index in [0.29, 0.717) is 23.3 Å². The van der Waals surface area contributed by atoms with E-state index in [-0.39, 0.29) is 6.10 Å². The van der Waals surface area contributed by atoms with E-state index in [1.807, 2.05) is 30.3 Å². The molecular weight excluding hydrogens is 312 g/mol. The molecule has 3 nitrogen and oxygen atoms in total. The highest BCUT2D eigenvalue weighted by atomic mass is 16.6. The lowest BCUT2D eigenvalue weighted by Crippen LogP contribution is -2.44. The minimum Gasteiger partial charge on any atom is -0.459 e. The van der Waals surface area contributed by atoms with Gasteiger partial charge in [0, 0.05) is 12.7 Å². The molecule has 1 fully saturated rings. The van der Waals surface area contributed by atoms with Gasteiger partial charge >= 0.3 is 5.97 Å². The normalized spacial score (nSPS) is 25.6. The molecule has 0 amide bonds. The highest BCUT2D eigenvalue weighted by Crippen LogP contribution is 2.37. The molecular formula is C22H30O3. The summed E-state index contributed by atoms with van der Waals surface area (Å²) in [5.41, 5.74) is -0.653. The van der Waals surface area contributed by atoms with Crippen LogP contribution >= 0.6 is 0 Å². The van der Waals surface area contributed by atoms with Crippen LogP contribution < -0.4 is 0 Å². The Hall–Kier alpha value is -1.79. The Bertz CT molecular complexity index is 626. The van der Waals surface area contributed by atoms with Crippen molar-refractivity contribution in [3.05, 3.63) is 35.9 Å². The minimum absolute atomic E-state index is 0.0758. The van der Waals surface area contributed by atoms with Gasteiger partial charge in [-0.2, -0.15) is 0 Å². The number of benzene rings is 1. The summed E-state index contributed by atoms with van der Waals surface area (Å²) in [6.07, 6.45) is 3.12. The van der Waals surface area contributed by atoms with Crippen molar-refractivity contribution in [2.24, 2.45) is 17.8 Å². The lowest BCUT2D eigenvalue weighted by atomic mass is 9.75. The fourth-order valence-electron chi connectivity index (χ4n) is 3.81. The summed E-state index contributed by atoms with van der Waals surface area (Å²) in [6.45, 7) is 8.34. The first kappa shape index (κ1) is 19.5. The molecule has 25 heavy (non-hydrogen) atoms. The van der Waals surface area contributed by atoms with E-state index in [1.165, 1.54) is 13.5 Å². The summed E-state index contributed by atoms with van der Waals surface area (Å²) in [7, 11) is 1.52. The van der Waals surface area contributed by atoms with Crippen LogP contribution in [0.25, 0.3) is 0 Å². The molecule has 0 N–H and O–H groups in total. The summed E-state index contributed by atoms with van der Waals surface area (Å²) in [6, 6.07) is 9.39. The molecule has 4 atom stereocenters. The van der Waals surface area contributed by atoms with Crippen molar-refractivity contribution in [3.63, 3.8) is 0 Å². The Morgan fingerprint density at radius 1 is 1.24 bits per heavy atom. The molecule has 0 heterocycles. The van der Waals surface area contributed by atoms with E-state index in [4.69, 9.17) is 9.47 Å². The van der Waals surface area contributed by atoms with Gasteiger partial charge in [-0.1, -0.05) is 63.4 Å². The molecule has 1 aliphatic carbocycles. The van der Waals surface area contributed by atoms with Crippen LogP contribution in [-0.2, 0) is 19.9 Å². The lowest BCUT2D eigenvalue weighted by Gasteiger charge is -2.38. The van der Waals surface area contributed by atoms with Crippen LogP contribution in [0.4, 0.5) is 0 Å². The third-order valence-corrected chi connectivity index (χ3v) is 5.29. The number of esters is 1. The SMILES string of the molecule is CC#C[C@](OC)(C(=O)O[C@@H]1C[C@H](C)CC[C@H]1C(C)C)c1ccccc1. The highest BCUT2D eigenvalue weighted by molar-refractivity contribution is 5.85. The zero-order valence-electron chi connectivity index (χ0n) is 16.0. The van der Waals surface area contributed by atoms with E-state index in [9.17, 15) is 4.79 Å². The lowest BCUT2D eigenvalue weighted by molar-refractivity contribution is -0.175. The van der Waals surface area contributed by atoms with Gasteiger partial charge in [0.1, 0.15) is 6.10 Å². The van der Waals surface area contributed by atoms with Gasteiger partial charge in [0.05, 0.1) is 0 Å². The molecule has 136 valence electrons. The average Bonchev–Trinajstić information content (AvgIpc) is 2.60.